The summed E-state index contributed by atoms with van der Waals surface area (Å²) in [6, 6.07) is 8.72. The molecule has 2 aliphatic rings. The fourth-order valence-electron chi connectivity index (χ4n) is 3.59. The average molecular weight is 402 g/mol. The molecule has 0 spiro atoms. The number of ether oxygens (including phenoxy) is 1. The van der Waals surface area contributed by atoms with Crippen molar-refractivity contribution in [1.29, 1.82) is 0 Å². The van der Waals surface area contributed by atoms with Crippen LogP contribution >= 0.6 is 0 Å². The number of nitrogens with one attached hydrogen (secondary N) is 1. The number of benzene rings is 1. The SMILES string of the molecule is C[C@@H](CC(=O)N1CCN(C(=O)CN2CCOCC2)CC1)NC(=O)c1ccccc1. The Balaban J connectivity index is 1.39. The lowest BCUT2D eigenvalue weighted by Crippen LogP contribution is -2.54. The zero-order valence-corrected chi connectivity index (χ0v) is 17.0. The normalized spacial score (nSPS) is 18.9. The molecule has 3 amide bonds. The molecule has 3 rings (SSSR count). The first-order chi connectivity index (χ1) is 14.0. The maximum Gasteiger partial charge on any atom is 0.251 e. The van der Waals surface area contributed by atoms with Gasteiger partial charge in [-0.3, -0.25) is 19.3 Å². The third kappa shape index (κ3) is 6.27. The van der Waals surface area contributed by atoms with Crippen LogP contribution in [0.4, 0.5) is 0 Å². The second-order valence-corrected chi connectivity index (χ2v) is 7.59. The van der Waals surface area contributed by atoms with E-state index < -0.39 is 0 Å². The first kappa shape index (κ1) is 21.3. The van der Waals surface area contributed by atoms with E-state index in [1.807, 2.05) is 30.0 Å². The molecular weight excluding hydrogens is 372 g/mol. The third-order valence-corrected chi connectivity index (χ3v) is 5.34. The molecule has 0 radical (unpaired) electrons. The molecular formula is C21H30N4O4. The number of morpholine rings is 1. The summed E-state index contributed by atoms with van der Waals surface area (Å²) < 4.78 is 5.31. The summed E-state index contributed by atoms with van der Waals surface area (Å²) in [4.78, 5) is 43.0. The Morgan fingerprint density at radius 3 is 2.14 bits per heavy atom. The molecule has 2 fully saturated rings. The van der Waals surface area contributed by atoms with E-state index in [-0.39, 0.29) is 30.2 Å². The molecule has 1 N–H and O–H groups in total. The molecule has 29 heavy (non-hydrogen) atoms. The highest BCUT2D eigenvalue weighted by molar-refractivity contribution is 5.94. The van der Waals surface area contributed by atoms with Crippen LogP contribution in [0.15, 0.2) is 30.3 Å². The minimum absolute atomic E-state index is 0.00569. The Morgan fingerprint density at radius 2 is 1.52 bits per heavy atom. The van der Waals surface area contributed by atoms with E-state index in [1.165, 1.54) is 0 Å². The highest BCUT2D eigenvalue weighted by Crippen LogP contribution is 2.08. The predicted molar refractivity (Wildman–Crippen MR) is 108 cm³/mol. The number of carbonyl (C=O) groups is 3. The van der Waals surface area contributed by atoms with Gasteiger partial charge in [0.2, 0.25) is 11.8 Å². The summed E-state index contributed by atoms with van der Waals surface area (Å²) >= 11 is 0. The highest BCUT2D eigenvalue weighted by Gasteiger charge is 2.26. The van der Waals surface area contributed by atoms with Gasteiger partial charge in [-0.25, -0.2) is 0 Å². The Kier molecular flexibility index (Phi) is 7.60. The monoisotopic (exact) mass is 402 g/mol. The Morgan fingerprint density at radius 1 is 0.931 bits per heavy atom. The lowest BCUT2D eigenvalue weighted by Gasteiger charge is -2.36. The van der Waals surface area contributed by atoms with Crippen molar-refractivity contribution in [3.63, 3.8) is 0 Å². The summed E-state index contributed by atoms with van der Waals surface area (Å²) in [5.74, 6) is -0.0574. The Labute approximate surface area is 171 Å². The molecule has 8 heteroatoms. The number of rotatable bonds is 6. The number of carbonyl (C=O) groups excluding carboxylic acids is 3. The number of nitrogens with zero attached hydrogens (tertiary/aromatic N) is 3. The number of piperazine rings is 1. The second-order valence-electron chi connectivity index (χ2n) is 7.59. The van der Waals surface area contributed by atoms with Gasteiger partial charge in [0.15, 0.2) is 0 Å². The Bertz CT molecular complexity index is 698. The molecule has 0 bridgehead atoms. The van der Waals surface area contributed by atoms with Gasteiger partial charge in [0.1, 0.15) is 0 Å². The summed E-state index contributed by atoms with van der Waals surface area (Å²) in [6.07, 6.45) is 0.250. The van der Waals surface area contributed by atoms with Crippen LogP contribution in [-0.4, -0.2) is 97.5 Å². The van der Waals surface area contributed by atoms with Crippen LogP contribution in [0.5, 0.6) is 0 Å². The van der Waals surface area contributed by atoms with Crippen molar-refractivity contribution in [2.45, 2.75) is 19.4 Å². The highest BCUT2D eigenvalue weighted by atomic mass is 16.5. The van der Waals surface area contributed by atoms with Crippen LogP contribution in [0, 0.1) is 0 Å². The van der Waals surface area contributed by atoms with Gasteiger partial charge in [-0.2, -0.15) is 0 Å². The van der Waals surface area contributed by atoms with Gasteiger partial charge in [0.05, 0.1) is 19.8 Å². The van der Waals surface area contributed by atoms with Crippen LogP contribution in [0.25, 0.3) is 0 Å². The van der Waals surface area contributed by atoms with Crippen LogP contribution in [0.3, 0.4) is 0 Å². The molecule has 1 atom stereocenters. The summed E-state index contributed by atoms with van der Waals surface area (Å²) in [5.41, 5.74) is 0.583. The fraction of sp³-hybridized carbons (Fsp3) is 0.571. The average Bonchev–Trinajstić information content (AvgIpc) is 2.75. The maximum atomic E-state index is 12.6. The van der Waals surface area contributed by atoms with E-state index in [0.717, 1.165) is 13.1 Å². The standard InChI is InChI=1S/C21H30N4O4/c1-17(22-21(28)18-5-3-2-4-6-18)15-19(26)24-7-9-25(10-8-24)20(27)16-23-11-13-29-14-12-23/h2-6,17H,7-16H2,1H3,(H,22,28)/t17-/m0/s1. The zero-order valence-electron chi connectivity index (χ0n) is 17.0. The molecule has 8 nitrogen and oxygen atoms in total. The second kappa shape index (κ2) is 10.4. The van der Waals surface area contributed by atoms with Gasteiger partial charge in [-0.1, -0.05) is 18.2 Å². The molecule has 0 aliphatic carbocycles. The molecule has 1 aromatic rings. The summed E-state index contributed by atoms with van der Waals surface area (Å²) in [6.45, 7) is 7.36. The Hall–Kier alpha value is -2.45. The van der Waals surface area contributed by atoms with Gasteiger partial charge in [0.25, 0.3) is 5.91 Å². The van der Waals surface area contributed by atoms with Crippen LogP contribution in [-0.2, 0) is 14.3 Å². The van der Waals surface area contributed by atoms with Crippen LogP contribution in [0.2, 0.25) is 0 Å². The van der Waals surface area contributed by atoms with E-state index in [9.17, 15) is 14.4 Å². The van der Waals surface area contributed by atoms with E-state index >= 15 is 0 Å². The quantitative estimate of drug-likeness (QED) is 0.735. The van der Waals surface area contributed by atoms with Gasteiger partial charge in [-0.15, -0.1) is 0 Å². The maximum absolute atomic E-state index is 12.6. The number of hydrogen-bond donors (Lipinski definition) is 1. The van der Waals surface area contributed by atoms with Crippen molar-refractivity contribution in [3.05, 3.63) is 35.9 Å². The minimum Gasteiger partial charge on any atom is -0.379 e. The third-order valence-electron chi connectivity index (χ3n) is 5.34. The van der Waals surface area contributed by atoms with Crippen molar-refractivity contribution in [1.82, 2.24) is 20.0 Å². The van der Waals surface area contributed by atoms with Crippen molar-refractivity contribution in [2.75, 3.05) is 59.0 Å². The zero-order chi connectivity index (χ0) is 20.6. The van der Waals surface area contributed by atoms with Gasteiger partial charge in [-0.05, 0) is 19.1 Å². The lowest BCUT2D eigenvalue weighted by molar-refractivity contribution is -0.141. The van der Waals surface area contributed by atoms with E-state index in [2.05, 4.69) is 10.2 Å². The van der Waals surface area contributed by atoms with Crippen molar-refractivity contribution < 1.29 is 19.1 Å². The van der Waals surface area contributed by atoms with E-state index in [1.54, 1.807) is 17.0 Å². The van der Waals surface area contributed by atoms with E-state index in [4.69, 9.17) is 4.74 Å². The molecule has 2 saturated heterocycles. The molecule has 2 heterocycles. The molecule has 158 valence electrons. The largest absolute Gasteiger partial charge is 0.379 e. The van der Waals surface area contributed by atoms with Gasteiger partial charge < -0.3 is 19.9 Å². The molecule has 0 saturated carbocycles. The van der Waals surface area contributed by atoms with E-state index in [0.29, 0.717) is 51.5 Å². The predicted octanol–water partition coefficient (Wildman–Crippen LogP) is 0.198. The van der Waals surface area contributed by atoms with Crippen LogP contribution < -0.4 is 5.32 Å². The smallest absolute Gasteiger partial charge is 0.251 e. The lowest BCUT2D eigenvalue weighted by atomic mass is 10.1. The van der Waals surface area contributed by atoms with Gasteiger partial charge in [0, 0.05) is 57.3 Å². The number of hydrogen-bond acceptors (Lipinski definition) is 5. The topological polar surface area (TPSA) is 82.2 Å². The van der Waals surface area contributed by atoms with Crippen molar-refractivity contribution >= 4 is 17.7 Å². The fourth-order valence-corrected chi connectivity index (χ4v) is 3.59. The minimum atomic E-state index is -0.254. The van der Waals surface area contributed by atoms with Gasteiger partial charge >= 0.3 is 0 Å². The number of amides is 3. The molecule has 1 aromatic carbocycles. The molecule has 0 unspecified atom stereocenters. The van der Waals surface area contributed by atoms with Crippen molar-refractivity contribution in [2.24, 2.45) is 0 Å². The summed E-state index contributed by atoms with van der Waals surface area (Å²) in [5, 5.41) is 2.87. The molecule has 2 aliphatic heterocycles. The van der Waals surface area contributed by atoms with Crippen molar-refractivity contribution in [3.8, 4) is 0 Å². The first-order valence-corrected chi connectivity index (χ1v) is 10.2. The van der Waals surface area contributed by atoms with Crippen LogP contribution in [0.1, 0.15) is 23.7 Å². The molecule has 0 aromatic heterocycles. The first-order valence-electron chi connectivity index (χ1n) is 10.2. The summed E-state index contributed by atoms with van der Waals surface area (Å²) in [7, 11) is 0.